The first-order valence-corrected chi connectivity index (χ1v) is 6.27. The van der Waals surface area contributed by atoms with Crippen molar-refractivity contribution in [3.05, 3.63) is 39.8 Å². The van der Waals surface area contributed by atoms with E-state index in [1.54, 1.807) is 0 Å². The van der Waals surface area contributed by atoms with Crippen molar-refractivity contribution in [3.8, 4) is 0 Å². The van der Waals surface area contributed by atoms with E-state index in [4.69, 9.17) is 0 Å². The van der Waals surface area contributed by atoms with Gasteiger partial charge in [-0.2, -0.15) is 31.7 Å². The van der Waals surface area contributed by atoms with Crippen molar-refractivity contribution in [2.45, 2.75) is 12.4 Å². The third-order valence-corrected chi connectivity index (χ3v) is 3.29. The van der Waals surface area contributed by atoms with Crippen LogP contribution in [0.2, 0.25) is 0 Å². The monoisotopic (exact) mass is 340 g/mol. The van der Waals surface area contributed by atoms with E-state index in [9.17, 15) is 35.9 Å². The summed E-state index contributed by atoms with van der Waals surface area (Å²) in [5, 5.41) is 2.11. The largest absolute Gasteiger partial charge is 0.416 e. The Hall–Kier alpha value is -1.97. The van der Waals surface area contributed by atoms with Crippen LogP contribution in [0.25, 0.3) is 6.08 Å². The lowest BCUT2D eigenvalue weighted by Crippen LogP contribution is -2.11. The lowest BCUT2D eigenvalue weighted by atomic mass is 10.0. The van der Waals surface area contributed by atoms with E-state index in [0.29, 0.717) is 23.9 Å². The number of imide groups is 1. The molecule has 0 spiro atoms. The number of hydrogen-bond acceptors (Lipinski definition) is 3. The molecular formula is C12H4F6NO2S. The van der Waals surface area contributed by atoms with Gasteiger partial charge >= 0.3 is 17.6 Å². The minimum atomic E-state index is -4.98. The second kappa shape index (κ2) is 5.34. The van der Waals surface area contributed by atoms with Gasteiger partial charge in [-0.25, -0.2) is 0 Å². The number of carbonyl (C=O) groups excluding carboxylic acids is 2. The van der Waals surface area contributed by atoms with E-state index < -0.39 is 40.2 Å². The van der Waals surface area contributed by atoms with Crippen LogP contribution in [0.15, 0.2) is 23.1 Å². The first-order chi connectivity index (χ1) is 9.96. The van der Waals surface area contributed by atoms with Gasteiger partial charge in [0.15, 0.2) is 0 Å². The molecule has 2 rings (SSSR count). The van der Waals surface area contributed by atoms with Gasteiger partial charge in [-0.3, -0.25) is 9.59 Å². The summed E-state index contributed by atoms with van der Waals surface area (Å²) in [6, 6.07) is 0.888. The zero-order valence-corrected chi connectivity index (χ0v) is 11.1. The quantitative estimate of drug-likeness (QED) is 0.572. The average Bonchev–Trinajstić information content (AvgIpc) is 2.65. The topological polar surface area (TPSA) is 48.2 Å². The Kier molecular flexibility index (Phi) is 3.98. The lowest BCUT2D eigenvalue weighted by Gasteiger charge is -2.13. The van der Waals surface area contributed by atoms with Gasteiger partial charge in [0.05, 0.1) is 16.0 Å². The third-order valence-electron chi connectivity index (χ3n) is 2.51. The minimum absolute atomic E-state index is 0.0266. The fourth-order valence-corrected chi connectivity index (χ4v) is 2.25. The van der Waals surface area contributed by atoms with E-state index in [2.05, 4.69) is 5.32 Å². The Balaban J connectivity index is 2.54. The number of thioether (sulfide) groups is 1. The van der Waals surface area contributed by atoms with Crippen LogP contribution < -0.4 is 5.32 Å². The van der Waals surface area contributed by atoms with E-state index in [1.807, 2.05) is 0 Å². The maximum Gasteiger partial charge on any atom is 0.416 e. The van der Waals surface area contributed by atoms with Crippen LogP contribution in [-0.4, -0.2) is 11.1 Å². The molecule has 10 heteroatoms. The molecule has 0 aromatic heterocycles. The Morgan fingerprint density at radius 3 is 1.77 bits per heavy atom. The third kappa shape index (κ3) is 3.62. The zero-order chi connectivity index (χ0) is 16.7. The molecule has 22 heavy (non-hydrogen) atoms. The maximum absolute atomic E-state index is 12.7. The number of rotatable bonds is 1. The molecule has 0 N–H and O–H groups in total. The number of halogens is 6. The molecule has 1 radical (unpaired) electrons. The van der Waals surface area contributed by atoms with E-state index in [1.165, 1.54) is 0 Å². The molecule has 1 heterocycles. The number of amides is 2. The molecule has 117 valence electrons. The molecule has 1 aromatic rings. The Morgan fingerprint density at radius 1 is 0.909 bits per heavy atom. The standard InChI is InChI=1S/C12H4F6NO2S/c13-11(14,15)6-1-5(2-7(4-6)12(16,17)18)3-8-9(20)19-10(21)22-8/h1-4H. The van der Waals surface area contributed by atoms with Gasteiger partial charge < -0.3 is 0 Å². The summed E-state index contributed by atoms with van der Waals surface area (Å²) in [6.07, 6.45) is -9.20. The van der Waals surface area contributed by atoms with Crippen LogP contribution in [0, 0.1) is 0 Å². The van der Waals surface area contributed by atoms with Crippen LogP contribution in [0.4, 0.5) is 31.1 Å². The Labute approximate surface area is 123 Å². The SMILES string of the molecule is O=C1[N]C(=O)C(=Cc2cc(C(F)(F)F)cc(C(F)(F)F)c2)S1. The number of hydrogen-bond donors (Lipinski definition) is 0. The molecule has 3 nitrogen and oxygen atoms in total. The van der Waals surface area contributed by atoms with Gasteiger partial charge in [0.25, 0.3) is 5.91 Å². The predicted octanol–water partition coefficient (Wildman–Crippen LogP) is 4.06. The van der Waals surface area contributed by atoms with Gasteiger partial charge in [0.2, 0.25) is 0 Å². The first kappa shape index (κ1) is 16.4. The van der Waals surface area contributed by atoms with Crippen molar-refractivity contribution in [3.63, 3.8) is 0 Å². The van der Waals surface area contributed by atoms with E-state index >= 15 is 0 Å². The van der Waals surface area contributed by atoms with Gasteiger partial charge in [0, 0.05) is 0 Å². The van der Waals surface area contributed by atoms with Gasteiger partial charge in [-0.05, 0) is 41.6 Å². The van der Waals surface area contributed by atoms with Crippen LogP contribution >= 0.6 is 11.8 Å². The summed E-state index contributed by atoms with van der Waals surface area (Å²) in [5.74, 6) is -0.999. The van der Waals surface area contributed by atoms with E-state index in [-0.39, 0.29) is 11.0 Å². The Morgan fingerprint density at radius 2 is 1.41 bits per heavy atom. The fraction of sp³-hybridized carbons (Fsp3) is 0.167. The molecular weight excluding hydrogens is 336 g/mol. The average molecular weight is 340 g/mol. The summed E-state index contributed by atoms with van der Waals surface area (Å²) < 4.78 is 75.9. The summed E-state index contributed by atoms with van der Waals surface area (Å²) in [4.78, 5) is 21.8. The first-order valence-electron chi connectivity index (χ1n) is 5.46. The zero-order valence-electron chi connectivity index (χ0n) is 10.2. The normalized spacial score (nSPS) is 18.0. The number of benzene rings is 1. The molecule has 0 atom stereocenters. The summed E-state index contributed by atoms with van der Waals surface area (Å²) >= 11 is 0.339. The molecule has 1 fully saturated rings. The molecule has 1 aliphatic rings. The molecule has 1 saturated heterocycles. The van der Waals surface area contributed by atoms with Crippen molar-refractivity contribution in [1.82, 2.24) is 5.32 Å². The Bertz CT molecular complexity index is 645. The summed E-state index contributed by atoms with van der Waals surface area (Å²) in [6.45, 7) is 0. The van der Waals surface area contributed by atoms with Crippen molar-refractivity contribution in [1.29, 1.82) is 0 Å². The van der Waals surface area contributed by atoms with Crippen LogP contribution in [0.5, 0.6) is 0 Å². The molecule has 1 aromatic carbocycles. The smallest absolute Gasteiger partial charge is 0.266 e. The number of alkyl halides is 6. The number of carbonyl (C=O) groups is 2. The highest BCUT2D eigenvalue weighted by Gasteiger charge is 2.37. The van der Waals surface area contributed by atoms with Gasteiger partial charge in [-0.1, -0.05) is 0 Å². The van der Waals surface area contributed by atoms with Gasteiger partial charge in [-0.15, -0.1) is 0 Å². The van der Waals surface area contributed by atoms with Crippen LogP contribution in [-0.2, 0) is 17.1 Å². The minimum Gasteiger partial charge on any atom is -0.266 e. The highest BCUT2D eigenvalue weighted by Crippen LogP contribution is 2.37. The van der Waals surface area contributed by atoms with Crippen molar-refractivity contribution >= 4 is 29.0 Å². The molecule has 2 amide bonds. The molecule has 1 aliphatic heterocycles. The van der Waals surface area contributed by atoms with Crippen molar-refractivity contribution in [2.75, 3.05) is 0 Å². The summed E-state index contributed by atoms with van der Waals surface area (Å²) in [5.41, 5.74) is -3.51. The van der Waals surface area contributed by atoms with Crippen molar-refractivity contribution < 1.29 is 35.9 Å². The highest BCUT2D eigenvalue weighted by atomic mass is 32.2. The molecule has 0 unspecified atom stereocenters. The number of nitrogens with zero attached hydrogens (tertiary/aromatic N) is 1. The van der Waals surface area contributed by atoms with E-state index in [0.717, 1.165) is 6.08 Å². The fourth-order valence-electron chi connectivity index (χ4n) is 1.60. The summed E-state index contributed by atoms with van der Waals surface area (Å²) in [7, 11) is 0. The van der Waals surface area contributed by atoms with Crippen LogP contribution in [0.3, 0.4) is 0 Å². The van der Waals surface area contributed by atoms with Crippen LogP contribution in [0.1, 0.15) is 16.7 Å². The molecule has 0 saturated carbocycles. The molecule has 0 aliphatic carbocycles. The maximum atomic E-state index is 12.7. The van der Waals surface area contributed by atoms with Gasteiger partial charge in [0.1, 0.15) is 0 Å². The van der Waals surface area contributed by atoms with Crippen molar-refractivity contribution in [2.24, 2.45) is 0 Å². The molecule has 0 bridgehead atoms. The second-order valence-electron chi connectivity index (χ2n) is 4.13. The lowest BCUT2D eigenvalue weighted by molar-refractivity contribution is -0.143. The predicted molar refractivity (Wildman–Crippen MR) is 64.6 cm³/mol. The highest BCUT2D eigenvalue weighted by molar-refractivity contribution is 8.18. The second-order valence-corrected chi connectivity index (χ2v) is 5.13.